The van der Waals surface area contributed by atoms with Gasteiger partial charge in [0.2, 0.25) is 11.8 Å². The van der Waals surface area contributed by atoms with E-state index in [2.05, 4.69) is 10.3 Å². The van der Waals surface area contributed by atoms with E-state index in [1.807, 2.05) is 36.6 Å². The van der Waals surface area contributed by atoms with Crippen molar-refractivity contribution in [3.63, 3.8) is 0 Å². The zero-order valence-electron chi connectivity index (χ0n) is 12.3. The van der Waals surface area contributed by atoms with Crippen LogP contribution in [-0.4, -0.2) is 27.7 Å². The quantitative estimate of drug-likeness (QED) is 0.943. The highest BCUT2D eigenvalue weighted by Crippen LogP contribution is 2.24. The third kappa shape index (κ3) is 3.17. The molecule has 0 bridgehead atoms. The van der Waals surface area contributed by atoms with E-state index in [1.165, 1.54) is 0 Å². The van der Waals surface area contributed by atoms with Crippen LogP contribution in [0.15, 0.2) is 35.7 Å². The summed E-state index contributed by atoms with van der Waals surface area (Å²) >= 11 is 1.59. The maximum absolute atomic E-state index is 12.5. The number of hydrogen-bond acceptors (Lipinski definition) is 4. The highest BCUT2D eigenvalue weighted by atomic mass is 32.1. The van der Waals surface area contributed by atoms with Crippen LogP contribution in [0.1, 0.15) is 23.4 Å². The number of likely N-dealkylation sites (tertiary alicyclic amines) is 1. The van der Waals surface area contributed by atoms with Gasteiger partial charge < -0.3 is 10.2 Å². The maximum atomic E-state index is 12.5. The van der Waals surface area contributed by atoms with E-state index in [-0.39, 0.29) is 11.8 Å². The van der Waals surface area contributed by atoms with Gasteiger partial charge in [-0.2, -0.15) is 0 Å². The van der Waals surface area contributed by atoms with Crippen molar-refractivity contribution in [3.05, 3.63) is 46.3 Å². The number of carbonyl (C=O) groups is 2. The predicted molar refractivity (Wildman–Crippen MR) is 85.5 cm³/mol. The second kappa shape index (κ2) is 6.27. The fourth-order valence-corrected chi connectivity index (χ4v) is 3.30. The summed E-state index contributed by atoms with van der Waals surface area (Å²) in [5, 5.41) is 4.79. The van der Waals surface area contributed by atoms with Gasteiger partial charge >= 0.3 is 0 Å². The minimum atomic E-state index is -0.420. The number of thiophene rings is 1. The van der Waals surface area contributed by atoms with Crippen LogP contribution < -0.4 is 5.32 Å². The molecule has 1 saturated heterocycles. The predicted octanol–water partition coefficient (Wildman–Crippen LogP) is 2.58. The largest absolute Gasteiger partial charge is 0.325 e. The van der Waals surface area contributed by atoms with Crippen LogP contribution in [0.3, 0.4) is 0 Å². The number of hydrogen-bond donors (Lipinski definition) is 1. The summed E-state index contributed by atoms with van der Waals surface area (Å²) < 4.78 is 0. The first-order chi connectivity index (χ1) is 10.6. The van der Waals surface area contributed by atoms with E-state index >= 15 is 0 Å². The molecule has 1 atom stereocenters. The van der Waals surface area contributed by atoms with Gasteiger partial charge in [0.05, 0.1) is 6.54 Å². The van der Waals surface area contributed by atoms with E-state index in [0.29, 0.717) is 25.2 Å². The molecule has 5 nitrogen and oxygen atoms in total. The molecule has 1 unspecified atom stereocenters. The highest BCUT2D eigenvalue weighted by molar-refractivity contribution is 7.09. The second-order valence-electron chi connectivity index (χ2n) is 5.31. The van der Waals surface area contributed by atoms with Crippen molar-refractivity contribution in [2.45, 2.75) is 32.4 Å². The molecule has 0 radical (unpaired) electrons. The van der Waals surface area contributed by atoms with E-state index in [9.17, 15) is 9.59 Å². The molecule has 1 N–H and O–H groups in total. The van der Waals surface area contributed by atoms with Crippen LogP contribution in [0.2, 0.25) is 0 Å². The van der Waals surface area contributed by atoms with Gasteiger partial charge in [0.1, 0.15) is 11.9 Å². The minimum Gasteiger partial charge on any atom is -0.325 e. The lowest BCUT2D eigenvalue weighted by Gasteiger charge is -2.23. The molecule has 3 heterocycles. The van der Waals surface area contributed by atoms with Gasteiger partial charge in [0.15, 0.2) is 0 Å². The Hall–Kier alpha value is -2.21. The lowest BCUT2D eigenvalue weighted by atomic mass is 10.2. The number of pyridine rings is 1. The molecule has 0 aliphatic carbocycles. The van der Waals surface area contributed by atoms with Gasteiger partial charge in [-0.1, -0.05) is 12.1 Å². The Kier molecular flexibility index (Phi) is 4.20. The van der Waals surface area contributed by atoms with Crippen LogP contribution in [0.25, 0.3) is 0 Å². The number of anilines is 1. The first-order valence-electron chi connectivity index (χ1n) is 7.20. The molecule has 0 spiro atoms. The van der Waals surface area contributed by atoms with Gasteiger partial charge in [-0.25, -0.2) is 4.98 Å². The molecule has 114 valence electrons. The summed E-state index contributed by atoms with van der Waals surface area (Å²) in [7, 11) is 0. The summed E-state index contributed by atoms with van der Waals surface area (Å²) in [6.07, 6.45) is 0.979. The molecule has 6 heteroatoms. The third-order valence-electron chi connectivity index (χ3n) is 3.68. The monoisotopic (exact) mass is 315 g/mol. The van der Waals surface area contributed by atoms with Gasteiger partial charge in [-0.3, -0.25) is 9.59 Å². The lowest BCUT2D eigenvalue weighted by molar-refractivity contribution is -0.133. The average molecular weight is 315 g/mol. The smallest absolute Gasteiger partial charge is 0.248 e. The van der Waals surface area contributed by atoms with Crippen molar-refractivity contribution in [1.82, 2.24) is 9.88 Å². The van der Waals surface area contributed by atoms with E-state index in [1.54, 1.807) is 22.3 Å². The molecule has 2 aromatic heterocycles. The van der Waals surface area contributed by atoms with Crippen molar-refractivity contribution in [2.24, 2.45) is 0 Å². The van der Waals surface area contributed by atoms with Crippen LogP contribution in [0.5, 0.6) is 0 Å². The Bertz CT molecular complexity index is 684. The molecule has 1 aliphatic rings. The number of nitrogens with zero attached hydrogens (tertiary/aromatic N) is 2. The molecule has 0 saturated carbocycles. The number of aromatic nitrogens is 1. The number of aryl methyl sites for hydroxylation is 1. The standard InChI is InChI=1S/C16H17N3O2S/c1-11-4-2-6-14(17-11)18-16(21)13-7-8-15(20)19(13)10-12-5-3-9-22-12/h2-6,9,13H,7-8,10H2,1H3,(H,17,18,21). The summed E-state index contributed by atoms with van der Waals surface area (Å²) in [5.74, 6) is 0.395. The van der Waals surface area contributed by atoms with E-state index in [4.69, 9.17) is 0 Å². The molecule has 3 rings (SSSR count). The Morgan fingerprint density at radius 1 is 1.41 bits per heavy atom. The minimum absolute atomic E-state index is 0.0331. The van der Waals surface area contributed by atoms with Gasteiger partial charge in [0.25, 0.3) is 0 Å². The Morgan fingerprint density at radius 2 is 2.27 bits per heavy atom. The Labute approximate surface area is 133 Å². The van der Waals surface area contributed by atoms with Crippen molar-refractivity contribution >= 4 is 29.0 Å². The number of carbonyl (C=O) groups excluding carboxylic acids is 2. The average Bonchev–Trinajstić information content (AvgIpc) is 3.10. The van der Waals surface area contributed by atoms with Crippen LogP contribution in [-0.2, 0) is 16.1 Å². The van der Waals surface area contributed by atoms with Crippen molar-refractivity contribution in [3.8, 4) is 0 Å². The van der Waals surface area contributed by atoms with E-state index in [0.717, 1.165) is 10.6 Å². The normalized spacial score (nSPS) is 17.8. The Morgan fingerprint density at radius 3 is 3.00 bits per heavy atom. The van der Waals surface area contributed by atoms with Gasteiger partial charge in [0, 0.05) is 17.0 Å². The Balaban J connectivity index is 1.71. The fourth-order valence-electron chi connectivity index (χ4n) is 2.60. The van der Waals surface area contributed by atoms with Gasteiger partial charge in [-0.05, 0) is 36.9 Å². The zero-order chi connectivity index (χ0) is 15.5. The molecule has 1 aliphatic heterocycles. The topological polar surface area (TPSA) is 62.3 Å². The SMILES string of the molecule is Cc1cccc(NC(=O)C2CCC(=O)N2Cc2cccs2)n1. The van der Waals surface area contributed by atoms with Crippen LogP contribution in [0.4, 0.5) is 5.82 Å². The summed E-state index contributed by atoms with van der Waals surface area (Å²) in [4.78, 5) is 31.5. The molecule has 0 aromatic carbocycles. The highest BCUT2D eigenvalue weighted by Gasteiger charge is 2.36. The number of amides is 2. The molecule has 22 heavy (non-hydrogen) atoms. The van der Waals surface area contributed by atoms with Crippen LogP contribution in [0, 0.1) is 6.92 Å². The van der Waals surface area contributed by atoms with Gasteiger partial charge in [-0.15, -0.1) is 11.3 Å². The molecule has 1 fully saturated rings. The summed E-state index contributed by atoms with van der Waals surface area (Å²) in [6, 6.07) is 8.99. The molecule has 2 amide bonds. The fraction of sp³-hybridized carbons (Fsp3) is 0.312. The van der Waals surface area contributed by atoms with E-state index < -0.39 is 6.04 Å². The van der Waals surface area contributed by atoms with Crippen molar-refractivity contribution < 1.29 is 9.59 Å². The van der Waals surface area contributed by atoms with Crippen molar-refractivity contribution in [1.29, 1.82) is 0 Å². The second-order valence-corrected chi connectivity index (χ2v) is 6.34. The first kappa shape index (κ1) is 14.7. The first-order valence-corrected chi connectivity index (χ1v) is 8.08. The van der Waals surface area contributed by atoms with Crippen molar-refractivity contribution in [2.75, 3.05) is 5.32 Å². The third-order valence-corrected chi connectivity index (χ3v) is 4.54. The number of rotatable bonds is 4. The lowest BCUT2D eigenvalue weighted by Crippen LogP contribution is -2.41. The molecule has 2 aromatic rings. The summed E-state index contributed by atoms with van der Waals surface area (Å²) in [5.41, 5.74) is 0.843. The zero-order valence-corrected chi connectivity index (χ0v) is 13.1. The molecular weight excluding hydrogens is 298 g/mol. The molecular formula is C16H17N3O2S. The number of nitrogens with one attached hydrogen (secondary N) is 1. The van der Waals surface area contributed by atoms with Crippen LogP contribution >= 0.6 is 11.3 Å². The maximum Gasteiger partial charge on any atom is 0.248 e. The summed E-state index contributed by atoms with van der Waals surface area (Å²) in [6.45, 7) is 2.37.